The van der Waals surface area contributed by atoms with Crippen LogP contribution in [0, 0.1) is 6.92 Å². The molecule has 26 heavy (non-hydrogen) atoms. The maximum absolute atomic E-state index is 12.0. The van der Waals surface area contributed by atoms with E-state index in [0.29, 0.717) is 22.3 Å². The lowest BCUT2D eigenvalue weighted by Crippen LogP contribution is -2.05. The molecular weight excluding hydrogens is 332 g/mol. The van der Waals surface area contributed by atoms with Crippen molar-refractivity contribution in [2.75, 3.05) is 7.11 Å². The summed E-state index contributed by atoms with van der Waals surface area (Å²) in [5.41, 5.74) is 2.49. The van der Waals surface area contributed by atoms with Crippen molar-refractivity contribution in [2.24, 2.45) is 0 Å². The maximum atomic E-state index is 12.0. The monoisotopic (exact) mass is 350 g/mol. The summed E-state index contributed by atoms with van der Waals surface area (Å²) in [6, 6.07) is 14.2. The number of hydrogen-bond donors (Lipinski definition) is 0. The molecule has 0 spiro atoms. The van der Waals surface area contributed by atoms with Gasteiger partial charge in [0.2, 0.25) is 0 Å². The first-order valence-electron chi connectivity index (χ1n) is 8.07. The summed E-state index contributed by atoms with van der Waals surface area (Å²) in [6.45, 7) is 1.96. The van der Waals surface area contributed by atoms with Crippen LogP contribution in [0.5, 0.6) is 5.75 Å². The molecule has 3 rings (SSSR count). The summed E-state index contributed by atoms with van der Waals surface area (Å²) in [6.07, 6.45) is 3.06. The molecule has 0 saturated carbocycles. The number of aryl methyl sites for hydroxylation is 1. The van der Waals surface area contributed by atoms with Gasteiger partial charge >= 0.3 is 11.6 Å². The van der Waals surface area contributed by atoms with Crippen LogP contribution in [-0.4, -0.2) is 13.1 Å². The quantitative estimate of drug-likeness (QED) is 0.397. The van der Waals surface area contributed by atoms with Crippen LogP contribution in [0.25, 0.3) is 17.0 Å². The topological polar surface area (TPSA) is 65.7 Å². The number of carbonyl (C=O) groups is 1. The molecule has 3 aromatic rings. The third-order valence-corrected chi connectivity index (χ3v) is 3.86. The van der Waals surface area contributed by atoms with Crippen molar-refractivity contribution in [1.29, 1.82) is 0 Å². The number of methoxy groups -OCH3 is 1. The van der Waals surface area contributed by atoms with Gasteiger partial charge < -0.3 is 13.9 Å². The maximum Gasteiger partial charge on any atom is 0.336 e. The molecule has 0 aliphatic carbocycles. The second-order valence-electron chi connectivity index (χ2n) is 5.81. The number of ether oxygens (including phenoxy) is 2. The lowest BCUT2D eigenvalue weighted by Gasteiger charge is -2.07. The van der Waals surface area contributed by atoms with E-state index in [4.69, 9.17) is 13.9 Å². The molecule has 0 unspecified atom stereocenters. The first-order chi connectivity index (χ1) is 12.5. The van der Waals surface area contributed by atoms with Gasteiger partial charge in [-0.2, -0.15) is 0 Å². The van der Waals surface area contributed by atoms with Crippen LogP contribution in [-0.2, 0) is 16.1 Å². The summed E-state index contributed by atoms with van der Waals surface area (Å²) in [5.74, 6) is 0.0947. The zero-order valence-corrected chi connectivity index (χ0v) is 14.5. The molecule has 0 atom stereocenters. The molecule has 132 valence electrons. The number of hydrogen-bond acceptors (Lipinski definition) is 5. The molecule has 1 heterocycles. The van der Waals surface area contributed by atoms with E-state index in [-0.39, 0.29) is 6.61 Å². The molecular formula is C21H18O5. The van der Waals surface area contributed by atoms with Crippen LogP contribution in [0.15, 0.2) is 63.8 Å². The Morgan fingerprint density at radius 1 is 1.15 bits per heavy atom. The van der Waals surface area contributed by atoms with Crippen molar-refractivity contribution < 1.29 is 18.7 Å². The van der Waals surface area contributed by atoms with E-state index in [1.54, 1.807) is 24.3 Å². The number of carbonyl (C=O) groups excluding carboxylic acids is 1. The number of esters is 1. The smallest absolute Gasteiger partial charge is 0.336 e. The van der Waals surface area contributed by atoms with Gasteiger partial charge in [-0.05, 0) is 30.7 Å². The summed E-state index contributed by atoms with van der Waals surface area (Å²) >= 11 is 0. The minimum atomic E-state index is -0.507. The molecule has 5 nitrogen and oxygen atoms in total. The van der Waals surface area contributed by atoms with Crippen molar-refractivity contribution in [1.82, 2.24) is 0 Å². The highest BCUT2D eigenvalue weighted by atomic mass is 16.5. The summed E-state index contributed by atoms with van der Waals surface area (Å²) in [5, 5.41) is 0.695. The van der Waals surface area contributed by atoms with E-state index in [1.165, 1.54) is 19.3 Å². The number of fused-ring (bicyclic) bond motifs is 1. The van der Waals surface area contributed by atoms with Crippen LogP contribution in [0.4, 0.5) is 0 Å². The third-order valence-electron chi connectivity index (χ3n) is 3.86. The third kappa shape index (κ3) is 4.19. The molecule has 0 N–H and O–H groups in total. The minimum absolute atomic E-state index is 0.0224. The second-order valence-corrected chi connectivity index (χ2v) is 5.81. The normalized spacial score (nSPS) is 11.0. The highest BCUT2D eigenvalue weighted by Crippen LogP contribution is 2.23. The first kappa shape index (κ1) is 17.5. The zero-order chi connectivity index (χ0) is 18.5. The van der Waals surface area contributed by atoms with Crippen molar-refractivity contribution >= 4 is 23.0 Å². The molecule has 1 aromatic heterocycles. The SMILES string of the molecule is COc1ccc2c(COC(=O)/C=C/c3cccc(C)c3)cc(=O)oc2c1. The number of rotatable bonds is 5. The Balaban J connectivity index is 1.75. The van der Waals surface area contributed by atoms with Gasteiger partial charge in [0.25, 0.3) is 0 Å². The van der Waals surface area contributed by atoms with Crippen LogP contribution >= 0.6 is 0 Å². The van der Waals surface area contributed by atoms with Gasteiger partial charge in [-0.15, -0.1) is 0 Å². The minimum Gasteiger partial charge on any atom is -0.497 e. The Morgan fingerprint density at radius 3 is 2.77 bits per heavy atom. The molecule has 5 heteroatoms. The molecule has 0 fully saturated rings. The number of benzene rings is 2. The molecule has 0 radical (unpaired) electrons. The largest absolute Gasteiger partial charge is 0.497 e. The predicted molar refractivity (Wildman–Crippen MR) is 99.0 cm³/mol. The van der Waals surface area contributed by atoms with Gasteiger partial charge in [-0.1, -0.05) is 29.8 Å². The molecule has 0 aliphatic heterocycles. The summed E-state index contributed by atoms with van der Waals surface area (Å²) < 4.78 is 15.6. The van der Waals surface area contributed by atoms with Gasteiger partial charge in [-0.25, -0.2) is 9.59 Å². The van der Waals surface area contributed by atoms with E-state index in [0.717, 1.165) is 11.1 Å². The Bertz CT molecular complexity index is 1030. The molecule has 0 bridgehead atoms. The molecule has 0 aliphatic rings. The van der Waals surface area contributed by atoms with Gasteiger partial charge in [0, 0.05) is 29.2 Å². The average molecular weight is 350 g/mol. The van der Waals surface area contributed by atoms with Crippen molar-refractivity contribution in [3.63, 3.8) is 0 Å². The fourth-order valence-corrected chi connectivity index (χ4v) is 2.59. The Kier molecular flexibility index (Phi) is 5.17. The van der Waals surface area contributed by atoms with Gasteiger partial charge in [0.1, 0.15) is 17.9 Å². The van der Waals surface area contributed by atoms with E-state index in [1.807, 2.05) is 31.2 Å². The average Bonchev–Trinajstić information content (AvgIpc) is 2.63. The van der Waals surface area contributed by atoms with Gasteiger partial charge in [0.05, 0.1) is 7.11 Å². The first-order valence-corrected chi connectivity index (χ1v) is 8.07. The lowest BCUT2D eigenvalue weighted by atomic mass is 10.1. The van der Waals surface area contributed by atoms with Crippen LogP contribution in [0.1, 0.15) is 16.7 Å². The second kappa shape index (κ2) is 7.70. The summed E-state index contributed by atoms with van der Waals surface area (Å²) in [7, 11) is 1.53. The molecule has 0 saturated heterocycles. The molecule has 0 amide bonds. The Morgan fingerprint density at radius 2 is 2.00 bits per heavy atom. The predicted octanol–water partition coefficient (Wildman–Crippen LogP) is 3.87. The highest BCUT2D eigenvalue weighted by Gasteiger charge is 2.09. The van der Waals surface area contributed by atoms with Crippen LogP contribution in [0.3, 0.4) is 0 Å². The van der Waals surface area contributed by atoms with E-state index >= 15 is 0 Å². The fraction of sp³-hybridized carbons (Fsp3) is 0.143. The highest BCUT2D eigenvalue weighted by molar-refractivity contribution is 5.87. The Labute approximate surface area is 150 Å². The lowest BCUT2D eigenvalue weighted by molar-refractivity contribution is -0.138. The summed E-state index contributed by atoms with van der Waals surface area (Å²) in [4.78, 5) is 23.7. The van der Waals surface area contributed by atoms with Gasteiger partial charge in [-0.3, -0.25) is 0 Å². The van der Waals surface area contributed by atoms with Crippen LogP contribution in [0.2, 0.25) is 0 Å². The van der Waals surface area contributed by atoms with Crippen molar-refractivity contribution in [3.8, 4) is 5.75 Å². The Hall–Kier alpha value is -3.34. The zero-order valence-electron chi connectivity index (χ0n) is 14.5. The standard InChI is InChI=1S/C21H18O5/c1-14-4-3-5-15(10-14)6-9-20(22)25-13-16-11-21(23)26-19-12-17(24-2)7-8-18(16)19/h3-12H,13H2,1-2H3/b9-6+. The van der Waals surface area contributed by atoms with Crippen molar-refractivity contribution in [3.05, 3.63) is 81.7 Å². The van der Waals surface area contributed by atoms with E-state index in [9.17, 15) is 9.59 Å². The van der Waals surface area contributed by atoms with Gasteiger partial charge in [0.15, 0.2) is 0 Å². The fourth-order valence-electron chi connectivity index (χ4n) is 2.59. The van der Waals surface area contributed by atoms with Crippen molar-refractivity contribution in [2.45, 2.75) is 13.5 Å². The van der Waals surface area contributed by atoms with Crippen LogP contribution < -0.4 is 10.4 Å². The van der Waals surface area contributed by atoms with E-state index in [2.05, 4.69) is 0 Å². The van der Waals surface area contributed by atoms with E-state index < -0.39 is 11.6 Å². The molecule has 2 aromatic carbocycles.